The summed E-state index contributed by atoms with van der Waals surface area (Å²) < 4.78 is 0. The van der Waals surface area contributed by atoms with E-state index in [2.05, 4.69) is 45.0 Å². The molecule has 1 unspecified atom stereocenters. The molecule has 118 valence electrons. The maximum atomic E-state index is 4.28. The van der Waals surface area contributed by atoms with Crippen LogP contribution in [0, 0.1) is 5.92 Å². The molecule has 0 saturated carbocycles. The number of likely N-dealkylation sites (tertiary alicyclic amines) is 1. The van der Waals surface area contributed by atoms with Crippen molar-refractivity contribution in [3.63, 3.8) is 0 Å². The summed E-state index contributed by atoms with van der Waals surface area (Å²) in [6.45, 7) is 7.84. The van der Waals surface area contributed by atoms with E-state index in [0.29, 0.717) is 0 Å². The fraction of sp³-hybridized carbons (Fsp3) is 0.688. The molecule has 1 aliphatic heterocycles. The highest BCUT2D eigenvalue weighted by molar-refractivity contribution is 7.09. The lowest BCUT2D eigenvalue weighted by Gasteiger charge is -2.30. The van der Waals surface area contributed by atoms with Crippen LogP contribution in [0.2, 0.25) is 0 Å². The van der Waals surface area contributed by atoms with Crippen molar-refractivity contribution in [3.8, 4) is 0 Å². The summed E-state index contributed by atoms with van der Waals surface area (Å²) in [7, 11) is 1.84. The number of thiophene rings is 1. The van der Waals surface area contributed by atoms with Crippen molar-refractivity contribution in [2.75, 3.05) is 39.8 Å². The van der Waals surface area contributed by atoms with Gasteiger partial charge in [-0.15, -0.1) is 11.3 Å². The smallest absolute Gasteiger partial charge is 0.191 e. The molecule has 1 fully saturated rings. The molecule has 1 saturated heterocycles. The minimum absolute atomic E-state index is 0.849. The van der Waals surface area contributed by atoms with Crippen molar-refractivity contribution in [1.29, 1.82) is 0 Å². The van der Waals surface area contributed by atoms with E-state index in [-0.39, 0.29) is 0 Å². The minimum Gasteiger partial charge on any atom is -0.356 e. The number of nitrogens with zero attached hydrogens (tertiary/aromatic N) is 2. The van der Waals surface area contributed by atoms with E-state index >= 15 is 0 Å². The van der Waals surface area contributed by atoms with E-state index < -0.39 is 0 Å². The maximum Gasteiger partial charge on any atom is 0.191 e. The quantitative estimate of drug-likeness (QED) is 0.625. The molecular weight excluding hydrogens is 280 g/mol. The fourth-order valence-electron chi connectivity index (χ4n) is 2.80. The fourth-order valence-corrected chi connectivity index (χ4v) is 3.51. The van der Waals surface area contributed by atoms with Gasteiger partial charge >= 0.3 is 0 Å². The van der Waals surface area contributed by atoms with Gasteiger partial charge in [0, 0.05) is 38.1 Å². The summed E-state index contributed by atoms with van der Waals surface area (Å²) in [6.07, 6.45) is 3.78. The second-order valence-electron chi connectivity index (χ2n) is 5.80. The minimum atomic E-state index is 0.849. The summed E-state index contributed by atoms with van der Waals surface area (Å²) in [5, 5.41) is 8.92. The van der Waals surface area contributed by atoms with Crippen LogP contribution in [0.15, 0.2) is 22.5 Å². The van der Waals surface area contributed by atoms with Crippen molar-refractivity contribution in [1.82, 2.24) is 15.5 Å². The van der Waals surface area contributed by atoms with Gasteiger partial charge in [-0.25, -0.2) is 0 Å². The second-order valence-corrected chi connectivity index (χ2v) is 6.84. The Hall–Kier alpha value is -1.07. The Morgan fingerprint density at radius 3 is 3.00 bits per heavy atom. The van der Waals surface area contributed by atoms with Gasteiger partial charge in [-0.05, 0) is 43.2 Å². The predicted molar refractivity (Wildman–Crippen MR) is 92.2 cm³/mol. The molecule has 2 rings (SSSR count). The van der Waals surface area contributed by atoms with E-state index in [0.717, 1.165) is 37.9 Å². The second kappa shape index (κ2) is 9.05. The summed E-state index contributed by atoms with van der Waals surface area (Å²) in [5.41, 5.74) is 0. The average molecular weight is 308 g/mol. The van der Waals surface area contributed by atoms with Crippen molar-refractivity contribution in [3.05, 3.63) is 22.4 Å². The maximum absolute atomic E-state index is 4.28. The Balaban J connectivity index is 1.59. The van der Waals surface area contributed by atoms with Gasteiger partial charge in [0.1, 0.15) is 0 Å². The van der Waals surface area contributed by atoms with E-state index in [1.807, 2.05) is 18.4 Å². The van der Waals surface area contributed by atoms with Crippen LogP contribution in [0.3, 0.4) is 0 Å². The van der Waals surface area contributed by atoms with E-state index in [4.69, 9.17) is 0 Å². The molecular formula is C16H28N4S. The number of piperidine rings is 1. The van der Waals surface area contributed by atoms with Gasteiger partial charge < -0.3 is 15.5 Å². The zero-order chi connectivity index (χ0) is 14.9. The normalized spacial score (nSPS) is 20.5. The highest BCUT2D eigenvalue weighted by atomic mass is 32.1. The zero-order valence-corrected chi connectivity index (χ0v) is 14.1. The first-order chi connectivity index (χ1) is 10.3. The molecule has 1 aromatic rings. The summed E-state index contributed by atoms with van der Waals surface area (Å²) >= 11 is 1.81. The molecule has 0 aromatic carbocycles. The van der Waals surface area contributed by atoms with Crippen LogP contribution in [0.1, 0.15) is 24.6 Å². The lowest BCUT2D eigenvalue weighted by Crippen LogP contribution is -2.44. The molecule has 0 aliphatic carbocycles. The first-order valence-corrected chi connectivity index (χ1v) is 8.85. The number of hydrogen-bond donors (Lipinski definition) is 2. The lowest BCUT2D eigenvalue weighted by molar-refractivity contribution is 0.187. The Kier molecular flexibility index (Phi) is 7.03. The van der Waals surface area contributed by atoms with Crippen LogP contribution >= 0.6 is 11.3 Å². The van der Waals surface area contributed by atoms with Gasteiger partial charge in [0.2, 0.25) is 0 Å². The number of guanidine groups is 1. The SMILES string of the molecule is CN=C(NCCc1cccs1)NCCN1CCCC(C)C1. The summed E-state index contributed by atoms with van der Waals surface area (Å²) in [4.78, 5) is 8.26. The highest BCUT2D eigenvalue weighted by Crippen LogP contribution is 2.14. The molecule has 0 bridgehead atoms. The number of hydrogen-bond acceptors (Lipinski definition) is 3. The van der Waals surface area contributed by atoms with Gasteiger partial charge in [0.25, 0.3) is 0 Å². The topological polar surface area (TPSA) is 39.7 Å². The molecule has 1 aliphatic rings. The van der Waals surface area contributed by atoms with Crippen LogP contribution < -0.4 is 10.6 Å². The van der Waals surface area contributed by atoms with Gasteiger partial charge in [0.05, 0.1) is 0 Å². The molecule has 21 heavy (non-hydrogen) atoms. The van der Waals surface area contributed by atoms with Crippen LogP contribution in [-0.4, -0.2) is 50.6 Å². The van der Waals surface area contributed by atoms with Crippen molar-refractivity contribution in [2.24, 2.45) is 10.9 Å². The van der Waals surface area contributed by atoms with Gasteiger partial charge in [-0.3, -0.25) is 4.99 Å². The van der Waals surface area contributed by atoms with Crippen LogP contribution in [0.4, 0.5) is 0 Å². The Morgan fingerprint density at radius 2 is 2.29 bits per heavy atom. The summed E-state index contributed by atoms with van der Waals surface area (Å²) in [6, 6.07) is 4.28. The van der Waals surface area contributed by atoms with Crippen molar-refractivity contribution >= 4 is 17.3 Å². The molecule has 4 nitrogen and oxygen atoms in total. The lowest BCUT2D eigenvalue weighted by atomic mass is 10.0. The van der Waals surface area contributed by atoms with Crippen LogP contribution in [0.5, 0.6) is 0 Å². The van der Waals surface area contributed by atoms with E-state index in [1.54, 1.807) is 0 Å². The number of nitrogens with one attached hydrogen (secondary N) is 2. The summed E-state index contributed by atoms with van der Waals surface area (Å²) in [5.74, 6) is 1.76. The third kappa shape index (κ3) is 6.06. The van der Waals surface area contributed by atoms with E-state index in [1.165, 1.54) is 30.8 Å². The van der Waals surface area contributed by atoms with Gasteiger partial charge in [-0.1, -0.05) is 13.0 Å². The molecule has 2 heterocycles. The molecule has 0 amide bonds. The molecule has 5 heteroatoms. The van der Waals surface area contributed by atoms with Crippen LogP contribution in [-0.2, 0) is 6.42 Å². The molecule has 0 radical (unpaired) electrons. The third-order valence-electron chi connectivity index (χ3n) is 3.93. The monoisotopic (exact) mass is 308 g/mol. The Morgan fingerprint density at radius 1 is 1.43 bits per heavy atom. The Labute approximate surface area is 132 Å². The van der Waals surface area contributed by atoms with Crippen molar-refractivity contribution < 1.29 is 0 Å². The first-order valence-electron chi connectivity index (χ1n) is 7.97. The largest absolute Gasteiger partial charge is 0.356 e. The number of rotatable bonds is 6. The third-order valence-corrected chi connectivity index (χ3v) is 4.87. The van der Waals surface area contributed by atoms with E-state index in [9.17, 15) is 0 Å². The zero-order valence-electron chi connectivity index (χ0n) is 13.3. The molecule has 1 atom stereocenters. The molecule has 0 spiro atoms. The Bertz CT molecular complexity index is 416. The van der Waals surface area contributed by atoms with Crippen molar-refractivity contribution in [2.45, 2.75) is 26.2 Å². The van der Waals surface area contributed by atoms with Gasteiger partial charge in [0.15, 0.2) is 5.96 Å². The first kappa shape index (κ1) is 16.3. The number of aliphatic imine (C=N–C) groups is 1. The molecule has 2 N–H and O–H groups in total. The standard InChI is InChI=1S/C16H28N4S/c1-14-5-3-10-20(13-14)11-9-19-16(17-2)18-8-7-15-6-4-12-21-15/h4,6,12,14H,3,5,7-11,13H2,1-2H3,(H2,17,18,19). The predicted octanol–water partition coefficient (Wildman–Crippen LogP) is 2.19. The molecule has 1 aromatic heterocycles. The van der Waals surface area contributed by atoms with Crippen LogP contribution in [0.25, 0.3) is 0 Å². The van der Waals surface area contributed by atoms with Gasteiger partial charge in [-0.2, -0.15) is 0 Å². The average Bonchev–Trinajstić information content (AvgIpc) is 2.99. The highest BCUT2D eigenvalue weighted by Gasteiger charge is 2.15.